The van der Waals surface area contributed by atoms with Gasteiger partial charge in [0.2, 0.25) is 5.91 Å². The molecule has 0 bridgehead atoms. The van der Waals surface area contributed by atoms with E-state index in [0.29, 0.717) is 21.4 Å². The summed E-state index contributed by atoms with van der Waals surface area (Å²) >= 11 is 11.8. The van der Waals surface area contributed by atoms with Crippen LogP contribution in [0, 0.1) is 0 Å². The van der Waals surface area contributed by atoms with Crippen LogP contribution in [0.25, 0.3) is 6.08 Å². The molecule has 0 saturated carbocycles. The van der Waals surface area contributed by atoms with E-state index in [-0.39, 0.29) is 5.91 Å². The highest BCUT2D eigenvalue weighted by Gasteiger charge is 2.00. The Kier molecular flexibility index (Phi) is 4.02. The van der Waals surface area contributed by atoms with Gasteiger partial charge in [-0.1, -0.05) is 23.2 Å². The van der Waals surface area contributed by atoms with Gasteiger partial charge in [-0.2, -0.15) is 5.10 Å². The molecule has 0 unspecified atom stereocenters. The van der Waals surface area contributed by atoms with Crippen molar-refractivity contribution in [3.63, 3.8) is 0 Å². The van der Waals surface area contributed by atoms with Gasteiger partial charge >= 0.3 is 0 Å². The molecule has 0 saturated heterocycles. The molecule has 1 aromatic carbocycles. The number of benzene rings is 1. The molecule has 0 aliphatic heterocycles. The topological polar surface area (TPSA) is 57.8 Å². The molecule has 18 heavy (non-hydrogen) atoms. The number of hydrogen-bond acceptors (Lipinski definition) is 2. The van der Waals surface area contributed by atoms with Crippen molar-refractivity contribution in [2.24, 2.45) is 0 Å². The second-order valence-corrected chi connectivity index (χ2v) is 4.30. The number of anilines is 1. The second kappa shape index (κ2) is 5.71. The van der Waals surface area contributed by atoms with Crippen LogP contribution < -0.4 is 5.32 Å². The summed E-state index contributed by atoms with van der Waals surface area (Å²) in [4.78, 5) is 11.6. The van der Waals surface area contributed by atoms with E-state index in [1.165, 1.54) is 6.08 Å². The van der Waals surface area contributed by atoms with Crippen LogP contribution in [0.3, 0.4) is 0 Å². The van der Waals surface area contributed by atoms with Crippen LogP contribution in [0.2, 0.25) is 10.0 Å². The minimum Gasteiger partial charge on any atom is -0.307 e. The fraction of sp³-hybridized carbons (Fsp3) is 0. The van der Waals surface area contributed by atoms with Gasteiger partial charge in [0.05, 0.1) is 6.20 Å². The quantitative estimate of drug-likeness (QED) is 0.848. The predicted octanol–water partition coefficient (Wildman–Crippen LogP) is 3.37. The zero-order chi connectivity index (χ0) is 13.0. The molecule has 1 amide bonds. The number of amides is 1. The molecule has 6 heteroatoms. The van der Waals surface area contributed by atoms with Crippen LogP contribution in [-0.4, -0.2) is 16.1 Å². The molecule has 1 heterocycles. The fourth-order valence-electron chi connectivity index (χ4n) is 1.31. The fourth-order valence-corrected chi connectivity index (χ4v) is 1.67. The largest absolute Gasteiger partial charge is 0.307 e. The van der Waals surface area contributed by atoms with Crippen molar-refractivity contribution in [3.05, 3.63) is 52.1 Å². The van der Waals surface area contributed by atoms with E-state index in [1.807, 2.05) is 0 Å². The summed E-state index contributed by atoms with van der Waals surface area (Å²) in [7, 11) is 0. The van der Waals surface area contributed by atoms with Crippen LogP contribution >= 0.6 is 23.2 Å². The number of H-pyrrole nitrogens is 1. The Bertz CT molecular complexity index is 579. The van der Waals surface area contributed by atoms with Gasteiger partial charge in [-0.25, -0.2) is 0 Å². The van der Waals surface area contributed by atoms with E-state index in [2.05, 4.69) is 15.5 Å². The minimum atomic E-state index is -0.282. The highest BCUT2D eigenvalue weighted by atomic mass is 35.5. The third kappa shape index (κ3) is 3.35. The van der Waals surface area contributed by atoms with E-state index in [1.54, 1.807) is 36.5 Å². The van der Waals surface area contributed by atoms with Crippen molar-refractivity contribution >= 4 is 41.0 Å². The van der Waals surface area contributed by atoms with Crippen LogP contribution in [-0.2, 0) is 4.79 Å². The summed E-state index contributed by atoms with van der Waals surface area (Å²) in [6.45, 7) is 0. The summed E-state index contributed by atoms with van der Waals surface area (Å²) in [5, 5.41) is 10.0. The Labute approximate surface area is 114 Å². The molecule has 0 aliphatic rings. The molecule has 0 atom stereocenters. The first-order chi connectivity index (χ1) is 8.65. The number of carbonyl (C=O) groups excluding carboxylic acids is 1. The number of rotatable bonds is 3. The summed E-state index contributed by atoms with van der Waals surface area (Å²) in [6.07, 6.45) is 4.52. The Morgan fingerprint density at radius 2 is 2.17 bits per heavy atom. The maximum Gasteiger partial charge on any atom is 0.249 e. The molecule has 2 rings (SSSR count). The number of hydrogen-bond donors (Lipinski definition) is 2. The van der Waals surface area contributed by atoms with Crippen molar-refractivity contribution < 1.29 is 4.79 Å². The number of nitrogens with zero attached hydrogens (tertiary/aromatic N) is 1. The average Bonchev–Trinajstić information content (AvgIpc) is 2.83. The highest BCUT2D eigenvalue weighted by Crippen LogP contribution is 2.21. The van der Waals surface area contributed by atoms with E-state index in [4.69, 9.17) is 23.2 Å². The van der Waals surface area contributed by atoms with Gasteiger partial charge in [0.15, 0.2) is 0 Å². The van der Waals surface area contributed by atoms with Gasteiger partial charge in [0.25, 0.3) is 0 Å². The zero-order valence-electron chi connectivity index (χ0n) is 9.15. The first-order valence-electron chi connectivity index (χ1n) is 5.08. The van der Waals surface area contributed by atoms with Crippen molar-refractivity contribution in [2.45, 2.75) is 0 Å². The third-order valence-corrected chi connectivity index (χ3v) is 2.71. The standard InChI is InChI=1S/C12H9Cl2N3O/c13-9-2-3-10(14)8(7-9)1-4-12(18)16-11-5-6-15-17-11/h1-7H,(H2,15,16,17,18). The van der Waals surface area contributed by atoms with Crippen LogP contribution in [0.4, 0.5) is 5.82 Å². The van der Waals surface area contributed by atoms with Crippen LogP contribution in [0.1, 0.15) is 5.56 Å². The van der Waals surface area contributed by atoms with E-state index >= 15 is 0 Å². The van der Waals surface area contributed by atoms with Gasteiger partial charge in [0.1, 0.15) is 5.82 Å². The van der Waals surface area contributed by atoms with Gasteiger partial charge in [0, 0.05) is 22.2 Å². The lowest BCUT2D eigenvalue weighted by Crippen LogP contribution is -2.07. The monoisotopic (exact) mass is 281 g/mol. The Morgan fingerprint density at radius 1 is 1.33 bits per heavy atom. The Hall–Kier alpha value is -1.78. The van der Waals surface area contributed by atoms with E-state index < -0.39 is 0 Å². The molecule has 4 nitrogen and oxygen atoms in total. The maximum atomic E-state index is 11.6. The molecule has 92 valence electrons. The normalized spacial score (nSPS) is 10.8. The molecule has 2 N–H and O–H groups in total. The maximum absolute atomic E-state index is 11.6. The van der Waals surface area contributed by atoms with Gasteiger partial charge in [-0.3, -0.25) is 9.89 Å². The van der Waals surface area contributed by atoms with Gasteiger partial charge in [-0.15, -0.1) is 0 Å². The number of aromatic amines is 1. The van der Waals surface area contributed by atoms with Gasteiger partial charge in [-0.05, 0) is 29.8 Å². The molecule has 1 aromatic heterocycles. The Morgan fingerprint density at radius 3 is 2.89 bits per heavy atom. The Balaban J connectivity index is 2.06. The molecule has 0 spiro atoms. The summed E-state index contributed by atoms with van der Waals surface area (Å²) in [6, 6.07) is 6.70. The molecule has 0 fully saturated rings. The van der Waals surface area contributed by atoms with Gasteiger partial charge < -0.3 is 5.32 Å². The highest BCUT2D eigenvalue weighted by molar-refractivity contribution is 6.34. The van der Waals surface area contributed by atoms with Crippen LogP contribution in [0.15, 0.2) is 36.5 Å². The molecule has 0 radical (unpaired) electrons. The van der Waals surface area contributed by atoms with Crippen molar-refractivity contribution in [1.82, 2.24) is 10.2 Å². The first-order valence-corrected chi connectivity index (χ1v) is 5.84. The van der Waals surface area contributed by atoms with Crippen molar-refractivity contribution in [2.75, 3.05) is 5.32 Å². The summed E-state index contributed by atoms with van der Waals surface area (Å²) < 4.78 is 0. The van der Waals surface area contributed by atoms with E-state index in [0.717, 1.165) is 0 Å². The number of aromatic nitrogens is 2. The van der Waals surface area contributed by atoms with Crippen LogP contribution in [0.5, 0.6) is 0 Å². The lowest BCUT2D eigenvalue weighted by molar-refractivity contribution is -0.111. The predicted molar refractivity (Wildman–Crippen MR) is 72.7 cm³/mol. The zero-order valence-corrected chi connectivity index (χ0v) is 10.7. The minimum absolute atomic E-state index is 0.282. The van der Waals surface area contributed by atoms with Crippen molar-refractivity contribution in [1.29, 1.82) is 0 Å². The average molecular weight is 282 g/mol. The summed E-state index contributed by atoms with van der Waals surface area (Å²) in [5.74, 6) is 0.247. The number of nitrogens with one attached hydrogen (secondary N) is 2. The first kappa shape index (κ1) is 12.7. The molecular formula is C12H9Cl2N3O. The molecule has 2 aromatic rings. The summed E-state index contributed by atoms with van der Waals surface area (Å²) in [5.41, 5.74) is 0.684. The van der Waals surface area contributed by atoms with Crippen molar-refractivity contribution in [3.8, 4) is 0 Å². The lowest BCUT2D eigenvalue weighted by atomic mass is 10.2. The molecular weight excluding hydrogens is 273 g/mol. The third-order valence-electron chi connectivity index (χ3n) is 2.13. The number of halogens is 2. The lowest BCUT2D eigenvalue weighted by Gasteiger charge is -1.99. The number of carbonyl (C=O) groups is 1. The second-order valence-electron chi connectivity index (χ2n) is 3.46. The van der Waals surface area contributed by atoms with E-state index in [9.17, 15) is 4.79 Å². The SMILES string of the molecule is O=C(C=Cc1cc(Cl)ccc1Cl)Nc1ccn[nH]1. The molecule has 0 aliphatic carbocycles. The smallest absolute Gasteiger partial charge is 0.249 e.